The number of amides is 1. The molecule has 20 heavy (non-hydrogen) atoms. The normalized spacial score (nSPS) is 10.3. The van der Waals surface area contributed by atoms with Crippen LogP contribution in [-0.2, 0) is 18.3 Å². The Labute approximate surface area is 122 Å². The van der Waals surface area contributed by atoms with Gasteiger partial charge in [0.05, 0.1) is 18.2 Å². The summed E-state index contributed by atoms with van der Waals surface area (Å²) < 4.78 is 1.54. The number of nitrogens with zero attached hydrogens (tertiary/aromatic N) is 2. The van der Waals surface area contributed by atoms with Gasteiger partial charge in [0.15, 0.2) is 0 Å². The van der Waals surface area contributed by atoms with E-state index in [-0.39, 0.29) is 10.9 Å². The maximum absolute atomic E-state index is 12.1. The van der Waals surface area contributed by atoms with Crippen molar-refractivity contribution in [1.82, 2.24) is 9.78 Å². The fourth-order valence-corrected chi connectivity index (χ4v) is 1.98. The summed E-state index contributed by atoms with van der Waals surface area (Å²) in [5, 5.41) is 6.84. The zero-order valence-corrected chi connectivity index (χ0v) is 12.2. The lowest BCUT2D eigenvalue weighted by Gasteiger charge is -2.08. The number of benzene rings is 1. The number of aromatic nitrogens is 2. The SMILES string of the molecule is Cc1ccc(CC(=O)Nc2c(C(N)=S)cnn2C)cc1. The lowest BCUT2D eigenvalue weighted by molar-refractivity contribution is -0.115. The standard InChI is InChI=1S/C14H16N4OS/c1-9-3-5-10(6-4-9)7-12(19)17-14-11(13(15)20)8-16-18(14)2/h3-6,8H,7H2,1-2H3,(H2,15,20)(H,17,19). The van der Waals surface area contributed by atoms with Gasteiger partial charge in [0.1, 0.15) is 10.8 Å². The number of anilines is 1. The molecular weight excluding hydrogens is 272 g/mol. The number of thiocarbonyl (C=S) groups is 1. The molecule has 0 saturated heterocycles. The molecule has 0 fully saturated rings. The lowest BCUT2D eigenvalue weighted by Crippen LogP contribution is -2.20. The number of hydrogen-bond acceptors (Lipinski definition) is 3. The van der Waals surface area contributed by atoms with Gasteiger partial charge in [0.2, 0.25) is 5.91 Å². The summed E-state index contributed by atoms with van der Waals surface area (Å²) >= 11 is 4.93. The van der Waals surface area contributed by atoms with Crippen LogP contribution in [0.2, 0.25) is 0 Å². The number of carbonyl (C=O) groups is 1. The molecule has 1 heterocycles. The van der Waals surface area contributed by atoms with Crippen molar-refractivity contribution in [2.45, 2.75) is 13.3 Å². The molecule has 0 saturated carbocycles. The van der Waals surface area contributed by atoms with Crippen LogP contribution in [0.25, 0.3) is 0 Å². The zero-order chi connectivity index (χ0) is 14.7. The zero-order valence-electron chi connectivity index (χ0n) is 11.4. The smallest absolute Gasteiger partial charge is 0.229 e. The third-order valence-corrected chi connectivity index (χ3v) is 3.17. The van der Waals surface area contributed by atoms with Crippen LogP contribution < -0.4 is 11.1 Å². The molecule has 0 bridgehead atoms. The second-order valence-electron chi connectivity index (χ2n) is 4.61. The molecule has 5 nitrogen and oxygen atoms in total. The second kappa shape index (κ2) is 5.83. The highest BCUT2D eigenvalue weighted by molar-refractivity contribution is 7.80. The van der Waals surface area contributed by atoms with Gasteiger partial charge in [-0.15, -0.1) is 0 Å². The topological polar surface area (TPSA) is 72.9 Å². The predicted octanol–water partition coefficient (Wildman–Crippen LogP) is 1.54. The van der Waals surface area contributed by atoms with E-state index in [4.69, 9.17) is 18.0 Å². The molecule has 104 valence electrons. The van der Waals surface area contributed by atoms with Crippen LogP contribution in [0.4, 0.5) is 5.82 Å². The average Bonchev–Trinajstić information content (AvgIpc) is 2.74. The maximum Gasteiger partial charge on any atom is 0.229 e. The van der Waals surface area contributed by atoms with E-state index in [2.05, 4.69) is 10.4 Å². The van der Waals surface area contributed by atoms with Crippen molar-refractivity contribution in [2.75, 3.05) is 5.32 Å². The van der Waals surface area contributed by atoms with Crippen molar-refractivity contribution in [1.29, 1.82) is 0 Å². The Balaban J connectivity index is 2.10. The molecule has 0 spiro atoms. The minimum atomic E-state index is -0.130. The van der Waals surface area contributed by atoms with Crippen molar-refractivity contribution in [2.24, 2.45) is 12.8 Å². The van der Waals surface area contributed by atoms with Gasteiger partial charge in [-0.25, -0.2) is 0 Å². The molecule has 0 aliphatic carbocycles. The van der Waals surface area contributed by atoms with Crippen molar-refractivity contribution < 1.29 is 4.79 Å². The fraction of sp³-hybridized carbons (Fsp3) is 0.214. The largest absolute Gasteiger partial charge is 0.389 e. The van der Waals surface area contributed by atoms with E-state index in [0.717, 1.165) is 11.1 Å². The molecule has 3 N–H and O–H groups in total. The van der Waals surface area contributed by atoms with Crippen molar-refractivity contribution in [3.8, 4) is 0 Å². The Bertz CT molecular complexity index is 646. The van der Waals surface area contributed by atoms with Crippen molar-refractivity contribution >= 4 is 28.9 Å². The first-order valence-electron chi connectivity index (χ1n) is 6.14. The minimum Gasteiger partial charge on any atom is -0.389 e. The van der Waals surface area contributed by atoms with E-state index in [0.29, 0.717) is 17.8 Å². The van der Waals surface area contributed by atoms with Crippen LogP contribution in [0, 0.1) is 6.92 Å². The van der Waals surface area contributed by atoms with Crippen LogP contribution in [0.1, 0.15) is 16.7 Å². The summed E-state index contributed by atoms with van der Waals surface area (Å²) in [5.41, 5.74) is 8.28. The molecule has 1 aromatic carbocycles. The third kappa shape index (κ3) is 3.21. The Morgan fingerprint density at radius 2 is 2.05 bits per heavy atom. The summed E-state index contributed by atoms with van der Waals surface area (Å²) in [5.74, 6) is 0.393. The molecule has 6 heteroatoms. The Morgan fingerprint density at radius 1 is 1.40 bits per heavy atom. The summed E-state index contributed by atoms with van der Waals surface area (Å²) in [4.78, 5) is 12.3. The van der Waals surface area contributed by atoms with Gasteiger partial charge in [0, 0.05) is 7.05 Å². The molecule has 1 amide bonds. The van der Waals surface area contributed by atoms with E-state index in [1.165, 1.54) is 0 Å². The Hall–Kier alpha value is -2.21. The van der Waals surface area contributed by atoms with Crippen LogP contribution in [0.5, 0.6) is 0 Å². The number of hydrogen-bond donors (Lipinski definition) is 2. The third-order valence-electron chi connectivity index (χ3n) is 2.95. The number of nitrogens with two attached hydrogens (primary N) is 1. The highest BCUT2D eigenvalue weighted by Crippen LogP contribution is 2.14. The number of aryl methyl sites for hydroxylation is 2. The summed E-state index contributed by atoms with van der Waals surface area (Å²) in [7, 11) is 1.73. The van der Waals surface area contributed by atoms with E-state index in [1.807, 2.05) is 31.2 Å². The van der Waals surface area contributed by atoms with Gasteiger partial charge >= 0.3 is 0 Å². The first-order chi connectivity index (χ1) is 9.47. The summed E-state index contributed by atoms with van der Waals surface area (Å²) in [6.45, 7) is 2.01. The monoisotopic (exact) mass is 288 g/mol. The van der Waals surface area contributed by atoms with E-state index in [1.54, 1.807) is 17.9 Å². The van der Waals surface area contributed by atoms with Crippen LogP contribution in [0.3, 0.4) is 0 Å². The molecule has 0 radical (unpaired) electrons. The fourth-order valence-electron chi connectivity index (χ4n) is 1.83. The molecule has 0 aliphatic heterocycles. The van der Waals surface area contributed by atoms with Gasteiger partial charge in [-0.1, -0.05) is 42.0 Å². The Morgan fingerprint density at radius 3 is 2.65 bits per heavy atom. The first kappa shape index (κ1) is 14.2. The number of rotatable bonds is 4. The average molecular weight is 288 g/mol. The van der Waals surface area contributed by atoms with Crippen molar-refractivity contribution in [3.63, 3.8) is 0 Å². The lowest BCUT2D eigenvalue weighted by atomic mass is 10.1. The van der Waals surface area contributed by atoms with Gasteiger partial charge in [-0.05, 0) is 12.5 Å². The van der Waals surface area contributed by atoms with Crippen LogP contribution in [-0.4, -0.2) is 20.7 Å². The van der Waals surface area contributed by atoms with Crippen LogP contribution in [0.15, 0.2) is 30.5 Å². The van der Waals surface area contributed by atoms with Crippen molar-refractivity contribution in [3.05, 3.63) is 47.2 Å². The highest BCUT2D eigenvalue weighted by Gasteiger charge is 2.13. The van der Waals surface area contributed by atoms with E-state index < -0.39 is 0 Å². The van der Waals surface area contributed by atoms with Crippen LogP contribution >= 0.6 is 12.2 Å². The highest BCUT2D eigenvalue weighted by atomic mass is 32.1. The minimum absolute atomic E-state index is 0.130. The van der Waals surface area contributed by atoms with Gasteiger partial charge in [0.25, 0.3) is 0 Å². The molecule has 2 rings (SSSR count). The molecule has 0 aliphatic rings. The summed E-state index contributed by atoms with van der Waals surface area (Å²) in [6.07, 6.45) is 1.84. The molecule has 1 aromatic heterocycles. The Kier molecular flexibility index (Phi) is 4.14. The molecule has 0 atom stereocenters. The molecular formula is C14H16N4OS. The summed E-state index contributed by atoms with van der Waals surface area (Å²) in [6, 6.07) is 7.83. The molecule has 0 unspecified atom stereocenters. The van der Waals surface area contributed by atoms with E-state index in [9.17, 15) is 4.79 Å². The number of carbonyl (C=O) groups excluding carboxylic acids is 1. The van der Waals surface area contributed by atoms with Gasteiger partial charge in [-0.2, -0.15) is 5.10 Å². The predicted molar refractivity (Wildman–Crippen MR) is 82.6 cm³/mol. The first-order valence-corrected chi connectivity index (χ1v) is 6.55. The quantitative estimate of drug-likeness (QED) is 0.837. The number of nitrogens with one attached hydrogen (secondary N) is 1. The van der Waals surface area contributed by atoms with Gasteiger partial charge < -0.3 is 11.1 Å². The maximum atomic E-state index is 12.1. The van der Waals surface area contributed by atoms with Gasteiger partial charge in [-0.3, -0.25) is 9.48 Å². The second-order valence-corrected chi connectivity index (χ2v) is 5.05. The van der Waals surface area contributed by atoms with E-state index >= 15 is 0 Å². The molecule has 2 aromatic rings.